The maximum Gasteiger partial charge on any atom is 0.239 e. The molecule has 2 rings (SSSR count). The van der Waals surface area contributed by atoms with Crippen molar-refractivity contribution in [2.75, 3.05) is 5.32 Å². The molecule has 2 unspecified atom stereocenters. The normalized spacial score (nSPS) is 13.6. The largest absolute Gasteiger partial charge is 0.325 e. The van der Waals surface area contributed by atoms with Gasteiger partial charge < -0.3 is 5.32 Å². The van der Waals surface area contributed by atoms with E-state index in [1.54, 1.807) is 24.3 Å². The summed E-state index contributed by atoms with van der Waals surface area (Å²) in [5.41, 5.74) is 1.72. The molecule has 0 aliphatic carbocycles. The van der Waals surface area contributed by atoms with Crippen molar-refractivity contribution in [3.8, 4) is 0 Å². The van der Waals surface area contributed by atoms with E-state index >= 15 is 0 Å². The molecule has 0 spiro atoms. The second kappa shape index (κ2) is 7.25. The Labute approximate surface area is 139 Å². The molecule has 0 fully saturated rings. The van der Waals surface area contributed by atoms with E-state index in [1.807, 2.05) is 30.3 Å². The van der Waals surface area contributed by atoms with Crippen molar-refractivity contribution in [2.24, 2.45) is 0 Å². The van der Waals surface area contributed by atoms with Gasteiger partial charge in [-0.25, -0.2) is 0 Å². The van der Waals surface area contributed by atoms with Crippen LogP contribution in [0.5, 0.6) is 0 Å². The predicted molar refractivity (Wildman–Crippen MR) is 90.9 cm³/mol. The van der Waals surface area contributed by atoms with Crippen molar-refractivity contribution in [1.29, 1.82) is 0 Å². The summed E-state index contributed by atoms with van der Waals surface area (Å²) < 4.78 is 0. The summed E-state index contributed by atoms with van der Waals surface area (Å²) in [5, 5.41) is 3.42. The first-order valence-electron chi connectivity index (χ1n) is 5.97. The minimum Gasteiger partial charge on any atom is -0.325 e. The van der Waals surface area contributed by atoms with Gasteiger partial charge in [-0.3, -0.25) is 4.79 Å². The fraction of sp³-hybridized carbons (Fsp3) is 0.133. The first kappa shape index (κ1) is 15.5. The van der Waals surface area contributed by atoms with Crippen molar-refractivity contribution in [3.63, 3.8) is 0 Å². The van der Waals surface area contributed by atoms with Crippen LogP contribution in [-0.4, -0.2) is 10.7 Å². The monoisotopic (exact) mass is 415 g/mol. The van der Waals surface area contributed by atoms with E-state index in [0.29, 0.717) is 10.7 Å². The number of hydrogen-bond donors (Lipinski definition) is 1. The summed E-state index contributed by atoms with van der Waals surface area (Å²) in [6, 6.07) is 16.8. The molecular weight excluding hydrogens is 405 g/mol. The van der Waals surface area contributed by atoms with Crippen molar-refractivity contribution >= 4 is 55.1 Å². The number of nitrogens with one attached hydrogen (secondary N) is 1. The van der Waals surface area contributed by atoms with Gasteiger partial charge in [0.2, 0.25) is 5.91 Å². The molecule has 0 radical (unpaired) electrons. The van der Waals surface area contributed by atoms with Gasteiger partial charge in [0.15, 0.2) is 0 Å². The molecule has 20 heavy (non-hydrogen) atoms. The van der Waals surface area contributed by atoms with E-state index in [4.69, 9.17) is 11.6 Å². The van der Waals surface area contributed by atoms with Crippen LogP contribution in [0.1, 0.15) is 10.4 Å². The third kappa shape index (κ3) is 4.08. The van der Waals surface area contributed by atoms with E-state index in [-0.39, 0.29) is 15.6 Å². The fourth-order valence-corrected chi connectivity index (χ4v) is 2.87. The van der Waals surface area contributed by atoms with Crippen LogP contribution < -0.4 is 5.32 Å². The summed E-state index contributed by atoms with van der Waals surface area (Å²) >= 11 is 12.9. The zero-order valence-electron chi connectivity index (χ0n) is 10.4. The first-order chi connectivity index (χ1) is 9.58. The number of halogens is 3. The highest BCUT2D eigenvalue weighted by molar-refractivity contribution is 9.12. The SMILES string of the molecule is O=C(Nc1cccc(Cl)c1)C(Br)C(Br)c1ccccc1. The summed E-state index contributed by atoms with van der Waals surface area (Å²) in [7, 11) is 0. The Balaban J connectivity index is 2.05. The third-order valence-corrected chi connectivity index (χ3v) is 5.66. The van der Waals surface area contributed by atoms with Crippen molar-refractivity contribution in [2.45, 2.75) is 9.65 Å². The number of anilines is 1. The van der Waals surface area contributed by atoms with Crippen LogP contribution >= 0.6 is 43.5 Å². The average molecular weight is 418 g/mol. The molecule has 2 nitrogen and oxygen atoms in total. The van der Waals surface area contributed by atoms with Crippen LogP contribution in [0.25, 0.3) is 0 Å². The Morgan fingerprint density at radius 1 is 1.05 bits per heavy atom. The summed E-state index contributed by atoms with van der Waals surface area (Å²) in [6.45, 7) is 0. The fourth-order valence-electron chi connectivity index (χ4n) is 1.72. The predicted octanol–water partition coefficient (Wildman–Crippen LogP) is 5.18. The molecule has 104 valence electrons. The first-order valence-corrected chi connectivity index (χ1v) is 8.18. The third-order valence-electron chi connectivity index (χ3n) is 2.72. The molecule has 0 aromatic heterocycles. The molecule has 0 saturated heterocycles. The average Bonchev–Trinajstić information content (AvgIpc) is 2.46. The van der Waals surface area contributed by atoms with E-state index in [1.165, 1.54) is 0 Å². The van der Waals surface area contributed by atoms with Gasteiger partial charge >= 0.3 is 0 Å². The number of carbonyl (C=O) groups is 1. The van der Waals surface area contributed by atoms with E-state index in [0.717, 1.165) is 5.56 Å². The lowest BCUT2D eigenvalue weighted by atomic mass is 10.1. The Morgan fingerprint density at radius 2 is 1.75 bits per heavy atom. The molecule has 2 aromatic carbocycles. The number of rotatable bonds is 4. The molecular formula is C15H12Br2ClNO. The van der Waals surface area contributed by atoms with Crippen LogP contribution in [0.4, 0.5) is 5.69 Å². The molecule has 2 atom stereocenters. The van der Waals surface area contributed by atoms with E-state index < -0.39 is 0 Å². The smallest absolute Gasteiger partial charge is 0.239 e. The number of benzene rings is 2. The Morgan fingerprint density at radius 3 is 2.40 bits per heavy atom. The van der Waals surface area contributed by atoms with Crippen molar-refractivity contribution < 1.29 is 4.79 Å². The number of carbonyl (C=O) groups excluding carboxylic acids is 1. The standard InChI is InChI=1S/C15H12Br2ClNO/c16-13(10-5-2-1-3-6-10)14(17)15(20)19-12-8-4-7-11(18)9-12/h1-9,13-14H,(H,19,20). The molecule has 2 aromatic rings. The molecule has 0 aliphatic heterocycles. The second-order valence-electron chi connectivity index (χ2n) is 4.21. The lowest BCUT2D eigenvalue weighted by Crippen LogP contribution is -2.26. The topological polar surface area (TPSA) is 29.1 Å². The number of alkyl halides is 2. The highest BCUT2D eigenvalue weighted by Gasteiger charge is 2.24. The number of hydrogen-bond acceptors (Lipinski definition) is 1. The zero-order chi connectivity index (χ0) is 14.5. The molecule has 0 saturated carbocycles. The van der Waals surface area contributed by atoms with Gasteiger partial charge in [0.05, 0.1) is 4.83 Å². The Kier molecular flexibility index (Phi) is 5.64. The maximum absolute atomic E-state index is 12.2. The zero-order valence-corrected chi connectivity index (χ0v) is 14.3. The van der Waals surface area contributed by atoms with E-state index in [2.05, 4.69) is 37.2 Å². The van der Waals surface area contributed by atoms with Crippen LogP contribution in [0, 0.1) is 0 Å². The lowest BCUT2D eigenvalue weighted by molar-refractivity contribution is -0.115. The molecule has 1 amide bonds. The van der Waals surface area contributed by atoms with Crippen LogP contribution in [0.2, 0.25) is 5.02 Å². The van der Waals surface area contributed by atoms with Crippen LogP contribution in [0.3, 0.4) is 0 Å². The molecule has 5 heteroatoms. The van der Waals surface area contributed by atoms with Gasteiger partial charge in [0.25, 0.3) is 0 Å². The minimum absolute atomic E-state index is 0.108. The van der Waals surface area contributed by atoms with Crippen LogP contribution in [0.15, 0.2) is 54.6 Å². The highest BCUT2D eigenvalue weighted by Crippen LogP contribution is 2.31. The van der Waals surface area contributed by atoms with Gasteiger partial charge in [0, 0.05) is 10.7 Å². The van der Waals surface area contributed by atoms with Gasteiger partial charge in [0.1, 0.15) is 4.83 Å². The molecule has 0 aliphatic rings. The maximum atomic E-state index is 12.2. The molecule has 1 N–H and O–H groups in total. The van der Waals surface area contributed by atoms with Crippen LogP contribution in [-0.2, 0) is 4.79 Å². The van der Waals surface area contributed by atoms with E-state index in [9.17, 15) is 4.79 Å². The summed E-state index contributed by atoms with van der Waals surface area (Å²) in [6.07, 6.45) is 0. The van der Waals surface area contributed by atoms with Gasteiger partial charge in [-0.15, -0.1) is 0 Å². The van der Waals surface area contributed by atoms with Crippen molar-refractivity contribution in [3.05, 3.63) is 65.2 Å². The Bertz CT molecular complexity index is 591. The second-order valence-corrected chi connectivity index (χ2v) is 6.62. The summed E-state index contributed by atoms with van der Waals surface area (Å²) in [5.74, 6) is -0.127. The minimum atomic E-state index is -0.385. The lowest BCUT2D eigenvalue weighted by Gasteiger charge is -2.17. The summed E-state index contributed by atoms with van der Waals surface area (Å²) in [4.78, 5) is 11.7. The molecule has 0 heterocycles. The Hall–Kier alpha value is -0.840. The van der Waals surface area contributed by atoms with Gasteiger partial charge in [-0.2, -0.15) is 0 Å². The van der Waals surface area contributed by atoms with Gasteiger partial charge in [-0.1, -0.05) is 79.9 Å². The quantitative estimate of drug-likeness (QED) is 0.683. The molecule has 0 bridgehead atoms. The van der Waals surface area contributed by atoms with Gasteiger partial charge in [-0.05, 0) is 23.8 Å². The number of amides is 1. The highest BCUT2D eigenvalue weighted by atomic mass is 79.9. The van der Waals surface area contributed by atoms with Crippen molar-refractivity contribution in [1.82, 2.24) is 0 Å².